The average Bonchev–Trinajstić information content (AvgIpc) is 3.29. The van der Waals surface area contributed by atoms with Crippen molar-refractivity contribution in [3.05, 3.63) is 99.8 Å². The summed E-state index contributed by atoms with van der Waals surface area (Å²) in [6.07, 6.45) is 3.33. The van der Waals surface area contributed by atoms with E-state index >= 15 is 0 Å². The molecule has 4 aromatic rings. The van der Waals surface area contributed by atoms with Gasteiger partial charge in [0.25, 0.3) is 0 Å². The van der Waals surface area contributed by atoms with Crippen molar-refractivity contribution in [2.75, 3.05) is 7.11 Å². The lowest BCUT2D eigenvalue weighted by Crippen LogP contribution is -2.01. The molecule has 0 fully saturated rings. The summed E-state index contributed by atoms with van der Waals surface area (Å²) >= 11 is 5.04. The lowest BCUT2D eigenvalue weighted by atomic mass is 10.2. The van der Waals surface area contributed by atoms with Crippen LogP contribution in [0.25, 0.3) is 0 Å². The molecule has 3 aromatic carbocycles. The fourth-order valence-corrected chi connectivity index (χ4v) is 4.12. The van der Waals surface area contributed by atoms with Crippen LogP contribution in [0.4, 0.5) is 0 Å². The van der Waals surface area contributed by atoms with Gasteiger partial charge in [-0.05, 0) is 42.3 Å². The maximum absolute atomic E-state index is 6.12. The van der Waals surface area contributed by atoms with Gasteiger partial charge in [-0.1, -0.05) is 75.7 Å². The molecule has 0 saturated heterocycles. The summed E-state index contributed by atoms with van der Waals surface area (Å²) in [6.45, 7) is 2.50. The number of hydrogen-bond acceptors (Lipinski definition) is 6. The van der Waals surface area contributed by atoms with E-state index in [1.165, 1.54) is 11.1 Å². The first-order chi connectivity index (χ1) is 16.1. The van der Waals surface area contributed by atoms with E-state index in [2.05, 4.69) is 62.4 Å². The number of hydrogen-bond donors (Lipinski definition) is 0. The van der Waals surface area contributed by atoms with Gasteiger partial charge in [0.15, 0.2) is 11.5 Å². The number of methoxy groups -OCH3 is 1. The van der Waals surface area contributed by atoms with E-state index in [-0.39, 0.29) is 0 Å². The van der Waals surface area contributed by atoms with Crippen LogP contribution in [0, 0.1) is 6.92 Å². The first kappa shape index (κ1) is 23.1. The van der Waals surface area contributed by atoms with Crippen molar-refractivity contribution >= 4 is 33.9 Å². The predicted octanol–water partition coefficient (Wildman–Crippen LogP) is 6.11. The molecule has 0 aliphatic carbocycles. The quantitative estimate of drug-likeness (QED) is 0.196. The summed E-state index contributed by atoms with van der Waals surface area (Å²) in [6, 6.07) is 22.2. The lowest BCUT2D eigenvalue weighted by Gasteiger charge is -2.13. The molecule has 0 spiro atoms. The number of ether oxygens (including phenoxy) is 2. The molecule has 0 unspecified atom stereocenters. The van der Waals surface area contributed by atoms with Gasteiger partial charge in [-0.2, -0.15) is 9.78 Å². The third kappa shape index (κ3) is 6.24. The Morgan fingerprint density at radius 2 is 1.79 bits per heavy atom. The molecule has 0 bridgehead atoms. The van der Waals surface area contributed by atoms with Crippen LogP contribution in [-0.4, -0.2) is 28.2 Å². The minimum absolute atomic E-state index is 0.415. The van der Waals surface area contributed by atoms with Gasteiger partial charge in [0.1, 0.15) is 12.9 Å². The highest BCUT2D eigenvalue weighted by molar-refractivity contribution is 9.10. The number of benzene rings is 3. The van der Waals surface area contributed by atoms with E-state index in [0.29, 0.717) is 23.3 Å². The molecule has 0 aliphatic heterocycles. The third-order valence-electron chi connectivity index (χ3n) is 4.84. The van der Waals surface area contributed by atoms with Gasteiger partial charge in [-0.15, -0.1) is 10.2 Å². The van der Waals surface area contributed by atoms with Gasteiger partial charge in [-0.3, -0.25) is 0 Å². The zero-order valence-corrected chi connectivity index (χ0v) is 20.7. The van der Waals surface area contributed by atoms with Crippen LogP contribution in [-0.2, 0) is 12.4 Å². The van der Waals surface area contributed by atoms with E-state index in [4.69, 9.17) is 9.47 Å². The molecule has 0 amide bonds. The Morgan fingerprint density at radius 3 is 2.55 bits per heavy atom. The van der Waals surface area contributed by atoms with Crippen molar-refractivity contribution in [3.8, 4) is 11.5 Å². The second-order valence-corrected chi connectivity index (χ2v) is 9.13. The molecule has 33 heavy (non-hydrogen) atoms. The molecule has 1 heterocycles. The first-order valence-corrected chi connectivity index (χ1v) is 12.1. The van der Waals surface area contributed by atoms with Crippen LogP contribution < -0.4 is 9.47 Å². The molecule has 0 saturated carbocycles. The maximum atomic E-state index is 6.12. The summed E-state index contributed by atoms with van der Waals surface area (Å²) in [7, 11) is 1.63. The number of aromatic nitrogens is 3. The summed E-state index contributed by atoms with van der Waals surface area (Å²) in [5.74, 6) is 2.07. The number of aryl methyl sites for hydroxylation is 1. The largest absolute Gasteiger partial charge is 0.493 e. The van der Waals surface area contributed by atoms with Crippen molar-refractivity contribution in [1.29, 1.82) is 0 Å². The second-order valence-electron chi connectivity index (χ2n) is 7.27. The highest BCUT2D eigenvalue weighted by Crippen LogP contribution is 2.31. The van der Waals surface area contributed by atoms with E-state index < -0.39 is 0 Å². The second kappa shape index (κ2) is 11.2. The Balaban J connectivity index is 1.49. The Kier molecular flexibility index (Phi) is 7.80. The van der Waals surface area contributed by atoms with Crippen LogP contribution in [0.1, 0.15) is 22.3 Å². The van der Waals surface area contributed by atoms with Gasteiger partial charge in [0.2, 0.25) is 5.16 Å². The van der Waals surface area contributed by atoms with Crippen molar-refractivity contribution < 1.29 is 9.47 Å². The SMILES string of the molecule is COc1cccc(/C=N/n2cnnc2SCc2ccc(C)cc2)c1OCc1ccc(Br)cc1. The molecular weight excluding hydrogens is 500 g/mol. The minimum Gasteiger partial charge on any atom is -0.493 e. The lowest BCUT2D eigenvalue weighted by molar-refractivity contribution is 0.284. The molecule has 4 rings (SSSR count). The van der Waals surface area contributed by atoms with E-state index in [9.17, 15) is 0 Å². The number of thioether (sulfide) groups is 1. The first-order valence-electron chi connectivity index (χ1n) is 10.3. The van der Waals surface area contributed by atoms with E-state index in [1.54, 1.807) is 36.1 Å². The van der Waals surface area contributed by atoms with Gasteiger partial charge in [0, 0.05) is 15.8 Å². The number of halogens is 1. The monoisotopic (exact) mass is 522 g/mol. The Morgan fingerprint density at radius 1 is 1.03 bits per heavy atom. The van der Waals surface area contributed by atoms with Gasteiger partial charge in [0.05, 0.1) is 13.3 Å². The summed E-state index contributed by atoms with van der Waals surface area (Å²) in [4.78, 5) is 0. The normalized spacial score (nSPS) is 11.1. The Bertz CT molecular complexity index is 1220. The van der Waals surface area contributed by atoms with Crippen molar-refractivity contribution in [1.82, 2.24) is 14.9 Å². The van der Waals surface area contributed by atoms with Gasteiger partial charge in [-0.25, -0.2) is 0 Å². The molecule has 0 radical (unpaired) electrons. The molecule has 1 aromatic heterocycles. The molecule has 6 nitrogen and oxygen atoms in total. The van der Waals surface area contributed by atoms with Crippen LogP contribution >= 0.6 is 27.7 Å². The molecule has 0 N–H and O–H groups in total. The van der Waals surface area contributed by atoms with E-state index in [0.717, 1.165) is 21.4 Å². The van der Waals surface area contributed by atoms with Gasteiger partial charge >= 0.3 is 0 Å². The summed E-state index contributed by atoms with van der Waals surface area (Å²) in [5, 5.41) is 13.5. The average molecular weight is 523 g/mol. The van der Waals surface area contributed by atoms with Crippen LogP contribution in [0.15, 0.2) is 87.8 Å². The smallest absolute Gasteiger partial charge is 0.212 e. The number of rotatable bonds is 9. The molecule has 0 aliphatic rings. The molecule has 0 atom stereocenters. The van der Waals surface area contributed by atoms with Crippen LogP contribution in [0.5, 0.6) is 11.5 Å². The Hall–Kier alpha value is -3.10. The topological polar surface area (TPSA) is 61.5 Å². The summed E-state index contributed by atoms with van der Waals surface area (Å²) < 4.78 is 14.3. The maximum Gasteiger partial charge on any atom is 0.212 e. The third-order valence-corrected chi connectivity index (χ3v) is 6.37. The van der Waals surface area contributed by atoms with Crippen LogP contribution in [0.2, 0.25) is 0 Å². The van der Waals surface area contributed by atoms with Crippen LogP contribution in [0.3, 0.4) is 0 Å². The zero-order chi connectivity index (χ0) is 23.0. The molecule has 168 valence electrons. The minimum atomic E-state index is 0.415. The zero-order valence-electron chi connectivity index (χ0n) is 18.3. The predicted molar refractivity (Wildman–Crippen MR) is 135 cm³/mol. The molecule has 8 heteroatoms. The fourth-order valence-electron chi connectivity index (χ4n) is 3.04. The van der Waals surface area contributed by atoms with Gasteiger partial charge < -0.3 is 9.47 Å². The standard InChI is InChI=1S/C25H23BrN4O2S/c1-18-6-8-20(9-7-18)16-33-25-29-27-17-30(25)28-14-21-4-3-5-23(31-2)24(21)32-15-19-10-12-22(26)13-11-19/h3-14,17H,15-16H2,1-2H3/b28-14+. The van der Waals surface area contributed by atoms with Crippen molar-refractivity contribution in [3.63, 3.8) is 0 Å². The summed E-state index contributed by atoms with van der Waals surface area (Å²) in [5.41, 5.74) is 4.32. The number of nitrogens with zero attached hydrogens (tertiary/aromatic N) is 4. The fraction of sp³-hybridized carbons (Fsp3) is 0.160. The van der Waals surface area contributed by atoms with E-state index in [1.807, 2.05) is 42.5 Å². The highest BCUT2D eigenvalue weighted by atomic mass is 79.9. The van der Waals surface area contributed by atoms with Crippen molar-refractivity contribution in [2.45, 2.75) is 24.4 Å². The number of para-hydroxylation sites is 1. The Labute approximate surface area is 205 Å². The van der Waals surface area contributed by atoms with Crippen molar-refractivity contribution in [2.24, 2.45) is 5.10 Å². The highest BCUT2D eigenvalue weighted by Gasteiger charge is 2.11. The molecular formula is C25H23BrN4O2S.